The van der Waals surface area contributed by atoms with E-state index in [1.54, 1.807) is 18.2 Å². The number of aliphatic carboxylic acids is 1. The molecule has 2 rings (SSSR count). The van der Waals surface area contributed by atoms with Gasteiger partial charge in [0.1, 0.15) is 5.54 Å². The molecule has 1 aromatic carbocycles. The monoisotopic (exact) mass is 368 g/mol. The van der Waals surface area contributed by atoms with Crippen LogP contribution in [0.3, 0.4) is 0 Å². The van der Waals surface area contributed by atoms with Gasteiger partial charge in [-0.3, -0.25) is 4.79 Å². The molecule has 0 atom stereocenters. The van der Waals surface area contributed by atoms with Gasteiger partial charge >= 0.3 is 5.97 Å². The number of carboxylic acids is 1. The molecule has 1 aliphatic carbocycles. The number of benzene rings is 1. The van der Waals surface area contributed by atoms with Crippen molar-refractivity contribution in [2.45, 2.75) is 49.5 Å². The van der Waals surface area contributed by atoms with Crippen LogP contribution in [0.15, 0.2) is 35.2 Å². The number of hydrogen-bond acceptors (Lipinski definition) is 4. The highest BCUT2D eigenvalue weighted by Crippen LogP contribution is 2.32. The molecule has 0 aliphatic heterocycles. The average molecular weight is 368 g/mol. The van der Waals surface area contributed by atoms with E-state index in [-0.39, 0.29) is 17.9 Å². The van der Waals surface area contributed by atoms with Crippen molar-refractivity contribution in [1.29, 1.82) is 0 Å². The number of amides is 1. The van der Waals surface area contributed by atoms with Crippen LogP contribution < -0.4 is 10.0 Å². The second-order valence-electron chi connectivity index (χ2n) is 6.58. The molecule has 0 saturated heterocycles. The fourth-order valence-corrected chi connectivity index (χ4v) is 4.01. The van der Waals surface area contributed by atoms with Gasteiger partial charge in [-0.05, 0) is 43.7 Å². The third kappa shape index (κ3) is 5.02. The van der Waals surface area contributed by atoms with E-state index < -0.39 is 27.4 Å². The van der Waals surface area contributed by atoms with Gasteiger partial charge in [-0.15, -0.1) is 0 Å². The van der Waals surface area contributed by atoms with Gasteiger partial charge < -0.3 is 10.4 Å². The van der Waals surface area contributed by atoms with Crippen LogP contribution in [0.25, 0.3) is 0 Å². The maximum absolute atomic E-state index is 12.1. The predicted molar refractivity (Wildman–Crippen MR) is 92.4 cm³/mol. The van der Waals surface area contributed by atoms with E-state index in [9.17, 15) is 23.1 Å². The summed E-state index contributed by atoms with van der Waals surface area (Å²) in [5, 5.41) is 12.1. The summed E-state index contributed by atoms with van der Waals surface area (Å²) < 4.78 is 26.5. The predicted octanol–water partition coefficient (Wildman–Crippen LogP) is 1.50. The molecule has 0 aromatic heterocycles. The minimum absolute atomic E-state index is 0.0881. The smallest absolute Gasteiger partial charge is 0.329 e. The Morgan fingerprint density at radius 3 is 2.36 bits per heavy atom. The highest BCUT2D eigenvalue weighted by Gasteiger charge is 2.42. The lowest BCUT2D eigenvalue weighted by atomic mass is 9.77. The molecule has 1 aromatic rings. The molecule has 0 spiro atoms. The summed E-state index contributed by atoms with van der Waals surface area (Å²) in [7, 11) is -3.67. The summed E-state index contributed by atoms with van der Waals surface area (Å²) in [5.41, 5.74) is -1.23. The first kappa shape index (κ1) is 19.4. The van der Waals surface area contributed by atoms with Crippen molar-refractivity contribution >= 4 is 21.9 Å². The molecular weight excluding hydrogens is 344 g/mol. The fourth-order valence-electron chi connectivity index (χ4n) is 2.96. The van der Waals surface area contributed by atoms with Crippen molar-refractivity contribution in [2.75, 3.05) is 6.54 Å². The lowest BCUT2D eigenvalue weighted by Crippen LogP contribution is -2.56. The summed E-state index contributed by atoms with van der Waals surface area (Å²) in [6, 6.07) is 7.86. The van der Waals surface area contributed by atoms with Crippen LogP contribution in [-0.4, -0.2) is 37.5 Å². The van der Waals surface area contributed by atoms with E-state index in [2.05, 4.69) is 17.0 Å². The van der Waals surface area contributed by atoms with E-state index in [1.807, 2.05) is 0 Å². The summed E-state index contributed by atoms with van der Waals surface area (Å²) >= 11 is 0. The molecule has 138 valence electrons. The Hall–Kier alpha value is -1.93. The van der Waals surface area contributed by atoms with Crippen LogP contribution in [0, 0.1) is 5.92 Å². The second kappa shape index (κ2) is 7.97. The molecule has 0 bridgehead atoms. The van der Waals surface area contributed by atoms with Crippen molar-refractivity contribution in [3.8, 4) is 0 Å². The first-order valence-corrected chi connectivity index (χ1v) is 9.83. The van der Waals surface area contributed by atoms with Crippen molar-refractivity contribution in [1.82, 2.24) is 10.0 Å². The molecule has 25 heavy (non-hydrogen) atoms. The number of hydrogen-bond donors (Lipinski definition) is 3. The third-order valence-corrected chi connectivity index (χ3v) is 6.09. The second-order valence-corrected chi connectivity index (χ2v) is 8.35. The third-order valence-electron chi connectivity index (χ3n) is 4.61. The van der Waals surface area contributed by atoms with Crippen LogP contribution in [0.4, 0.5) is 0 Å². The van der Waals surface area contributed by atoms with E-state index >= 15 is 0 Å². The first-order chi connectivity index (χ1) is 11.8. The quantitative estimate of drug-likeness (QED) is 0.675. The zero-order valence-electron chi connectivity index (χ0n) is 14.2. The molecule has 0 radical (unpaired) electrons. The van der Waals surface area contributed by atoms with Gasteiger partial charge in [-0.2, -0.15) is 0 Å². The van der Waals surface area contributed by atoms with Gasteiger partial charge in [-0.25, -0.2) is 17.9 Å². The van der Waals surface area contributed by atoms with Crippen molar-refractivity contribution in [2.24, 2.45) is 5.92 Å². The van der Waals surface area contributed by atoms with Gasteiger partial charge in [0.05, 0.1) is 4.90 Å². The summed E-state index contributed by atoms with van der Waals surface area (Å²) in [6.07, 6.45) is 2.16. The van der Waals surface area contributed by atoms with Gasteiger partial charge in [0.2, 0.25) is 15.9 Å². The van der Waals surface area contributed by atoms with Crippen LogP contribution in [-0.2, 0) is 19.6 Å². The standard InChI is InChI=1S/C17H24N2O5S/c1-13-7-10-17(11-8-13,16(21)22)19-15(20)9-12-18-25(23,24)14-5-3-2-4-6-14/h2-6,13,18H,7-12H2,1H3,(H,19,20)(H,21,22). The number of carboxylic acid groups (broad SMARTS) is 1. The van der Waals surface area contributed by atoms with Crippen molar-refractivity contribution in [3.05, 3.63) is 30.3 Å². The summed E-state index contributed by atoms with van der Waals surface area (Å²) in [6.45, 7) is 1.97. The molecule has 3 N–H and O–H groups in total. The Morgan fingerprint density at radius 2 is 1.80 bits per heavy atom. The maximum Gasteiger partial charge on any atom is 0.329 e. The SMILES string of the molecule is CC1CCC(NC(=O)CCNS(=O)(=O)c2ccccc2)(C(=O)O)CC1. The minimum atomic E-state index is -3.67. The summed E-state index contributed by atoms with van der Waals surface area (Å²) in [5.74, 6) is -1.05. The largest absolute Gasteiger partial charge is 0.480 e. The van der Waals surface area contributed by atoms with Crippen LogP contribution in [0.5, 0.6) is 0 Å². The van der Waals surface area contributed by atoms with E-state index in [0.717, 1.165) is 12.8 Å². The van der Waals surface area contributed by atoms with Gasteiger partial charge in [-0.1, -0.05) is 25.1 Å². The Balaban J connectivity index is 1.89. The molecule has 1 amide bonds. The Labute approximate surface area is 147 Å². The van der Waals surface area contributed by atoms with Gasteiger partial charge in [0.15, 0.2) is 0 Å². The van der Waals surface area contributed by atoms with Gasteiger partial charge in [0.25, 0.3) is 0 Å². The topological polar surface area (TPSA) is 113 Å². The molecule has 1 saturated carbocycles. The first-order valence-electron chi connectivity index (χ1n) is 8.34. The zero-order chi connectivity index (χ0) is 18.5. The highest BCUT2D eigenvalue weighted by molar-refractivity contribution is 7.89. The van der Waals surface area contributed by atoms with Gasteiger partial charge in [0, 0.05) is 13.0 Å². The van der Waals surface area contributed by atoms with Crippen LogP contribution in [0.2, 0.25) is 0 Å². The number of rotatable bonds is 7. The van der Waals surface area contributed by atoms with Crippen LogP contribution >= 0.6 is 0 Å². The Morgan fingerprint density at radius 1 is 1.20 bits per heavy atom. The van der Waals surface area contributed by atoms with Crippen molar-refractivity contribution in [3.63, 3.8) is 0 Å². The zero-order valence-corrected chi connectivity index (χ0v) is 15.0. The van der Waals surface area contributed by atoms with Crippen LogP contribution in [0.1, 0.15) is 39.0 Å². The highest BCUT2D eigenvalue weighted by atomic mass is 32.2. The van der Waals surface area contributed by atoms with E-state index in [0.29, 0.717) is 18.8 Å². The average Bonchev–Trinajstić information content (AvgIpc) is 2.57. The summed E-state index contributed by atoms with van der Waals surface area (Å²) in [4.78, 5) is 23.8. The van der Waals surface area contributed by atoms with E-state index in [4.69, 9.17) is 0 Å². The molecule has 8 heteroatoms. The fraction of sp³-hybridized carbons (Fsp3) is 0.529. The molecular formula is C17H24N2O5S. The minimum Gasteiger partial charge on any atom is -0.480 e. The molecule has 1 fully saturated rings. The number of sulfonamides is 1. The molecule has 7 nitrogen and oxygen atoms in total. The lowest BCUT2D eigenvalue weighted by Gasteiger charge is -2.36. The lowest BCUT2D eigenvalue weighted by molar-refractivity contribution is -0.149. The molecule has 0 heterocycles. The molecule has 0 unspecified atom stereocenters. The molecule has 1 aliphatic rings. The van der Waals surface area contributed by atoms with Crippen molar-refractivity contribution < 1.29 is 23.1 Å². The Kier molecular flexibility index (Phi) is 6.18. The Bertz CT molecular complexity index is 710. The number of carbonyl (C=O) groups excluding carboxylic acids is 1. The van der Waals surface area contributed by atoms with E-state index in [1.165, 1.54) is 12.1 Å². The normalized spacial score (nSPS) is 23.8. The maximum atomic E-state index is 12.1. The number of carbonyl (C=O) groups is 2. The number of nitrogens with one attached hydrogen (secondary N) is 2.